The zero-order valence-corrected chi connectivity index (χ0v) is 11.7. The Kier molecular flexibility index (Phi) is 3.60. The molecular weight excluding hydrogens is 264 g/mol. The number of benzene rings is 2. The highest BCUT2D eigenvalue weighted by molar-refractivity contribution is 5.46. The molecule has 0 aliphatic heterocycles. The number of para-hydroxylation sites is 1. The molecule has 3 aromatic rings. The largest absolute Gasteiger partial charge is 0.457 e. The van der Waals surface area contributed by atoms with Gasteiger partial charge in [-0.05, 0) is 29.8 Å². The Bertz CT molecular complexity index is 722. The third-order valence-corrected chi connectivity index (χ3v) is 3.37. The maximum absolute atomic E-state index is 5.85. The van der Waals surface area contributed by atoms with Crippen molar-refractivity contribution in [3.8, 4) is 11.5 Å². The predicted octanol–water partition coefficient (Wildman–Crippen LogP) is 4.20. The van der Waals surface area contributed by atoms with Gasteiger partial charge in [0.15, 0.2) is 0 Å². The lowest BCUT2D eigenvalue weighted by Crippen LogP contribution is -2.00. The highest BCUT2D eigenvalue weighted by Crippen LogP contribution is 2.30. The number of nitrogens with two attached hydrogens (primary N) is 1. The van der Waals surface area contributed by atoms with Crippen LogP contribution in [0.3, 0.4) is 0 Å². The lowest BCUT2D eigenvalue weighted by Gasteiger charge is -2.12. The molecular formula is C17H16N2O2. The number of aromatic nitrogens is 1. The van der Waals surface area contributed by atoms with Crippen molar-refractivity contribution in [1.29, 1.82) is 0 Å². The van der Waals surface area contributed by atoms with Crippen LogP contribution in [-0.2, 0) is 0 Å². The van der Waals surface area contributed by atoms with Crippen LogP contribution in [0.15, 0.2) is 65.4 Å². The van der Waals surface area contributed by atoms with Gasteiger partial charge in [-0.25, -0.2) is 0 Å². The van der Waals surface area contributed by atoms with Crippen LogP contribution in [0, 0.1) is 0 Å². The van der Waals surface area contributed by atoms with Crippen LogP contribution in [0.2, 0.25) is 0 Å². The molecule has 0 bridgehead atoms. The molecule has 0 fully saturated rings. The molecule has 0 amide bonds. The van der Waals surface area contributed by atoms with Crippen LogP contribution in [0.4, 0.5) is 5.69 Å². The van der Waals surface area contributed by atoms with Crippen molar-refractivity contribution in [2.75, 3.05) is 5.73 Å². The Morgan fingerprint density at radius 2 is 1.81 bits per heavy atom. The number of nitrogens with zero attached hydrogens (tertiary/aromatic N) is 1. The molecule has 0 saturated heterocycles. The fourth-order valence-corrected chi connectivity index (χ4v) is 2.21. The van der Waals surface area contributed by atoms with E-state index in [1.165, 1.54) is 6.26 Å². The molecule has 1 unspecified atom stereocenters. The minimum atomic E-state index is 0.0445. The van der Waals surface area contributed by atoms with Crippen LogP contribution in [0.25, 0.3) is 0 Å². The van der Waals surface area contributed by atoms with E-state index in [2.05, 4.69) is 5.16 Å². The second kappa shape index (κ2) is 5.71. The van der Waals surface area contributed by atoms with Crippen LogP contribution in [0.1, 0.15) is 24.1 Å². The second-order valence-electron chi connectivity index (χ2n) is 4.86. The van der Waals surface area contributed by atoms with Gasteiger partial charge in [0, 0.05) is 5.92 Å². The van der Waals surface area contributed by atoms with Gasteiger partial charge >= 0.3 is 0 Å². The van der Waals surface area contributed by atoms with Crippen molar-refractivity contribution >= 4 is 5.69 Å². The SMILES string of the molecule is CC(c1cccc(Oc2ccccc2)c1)c1nocc1N. The molecule has 0 saturated carbocycles. The van der Waals surface area contributed by atoms with Crippen molar-refractivity contribution in [3.63, 3.8) is 0 Å². The van der Waals surface area contributed by atoms with Crippen molar-refractivity contribution in [1.82, 2.24) is 5.16 Å². The predicted molar refractivity (Wildman–Crippen MR) is 81.4 cm³/mol. The summed E-state index contributed by atoms with van der Waals surface area (Å²) in [5.41, 5.74) is 8.24. The molecule has 0 aliphatic rings. The molecule has 0 radical (unpaired) electrons. The molecule has 2 N–H and O–H groups in total. The molecule has 3 rings (SSSR count). The normalized spacial score (nSPS) is 12.0. The molecule has 2 aromatic carbocycles. The summed E-state index contributed by atoms with van der Waals surface area (Å²) in [4.78, 5) is 0. The zero-order valence-electron chi connectivity index (χ0n) is 11.7. The molecule has 1 heterocycles. The Hall–Kier alpha value is -2.75. The summed E-state index contributed by atoms with van der Waals surface area (Å²) in [7, 11) is 0. The monoisotopic (exact) mass is 280 g/mol. The molecule has 106 valence electrons. The summed E-state index contributed by atoms with van der Waals surface area (Å²) in [5, 5.41) is 3.96. The number of hydrogen-bond donors (Lipinski definition) is 1. The maximum atomic E-state index is 5.85. The minimum Gasteiger partial charge on any atom is -0.457 e. The average molecular weight is 280 g/mol. The van der Waals surface area contributed by atoms with E-state index in [0.717, 1.165) is 22.8 Å². The summed E-state index contributed by atoms with van der Waals surface area (Å²) in [5.74, 6) is 1.64. The van der Waals surface area contributed by atoms with Gasteiger partial charge in [-0.1, -0.05) is 42.4 Å². The molecule has 21 heavy (non-hydrogen) atoms. The van der Waals surface area contributed by atoms with E-state index in [-0.39, 0.29) is 5.92 Å². The number of ether oxygens (including phenoxy) is 1. The highest BCUT2D eigenvalue weighted by Gasteiger charge is 2.16. The first-order chi connectivity index (χ1) is 10.2. The summed E-state index contributed by atoms with van der Waals surface area (Å²) >= 11 is 0. The summed E-state index contributed by atoms with van der Waals surface area (Å²) in [6, 6.07) is 17.6. The third kappa shape index (κ3) is 2.89. The van der Waals surface area contributed by atoms with Crippen LogP contribution < -0.4 is 10.5 Å². The van der Waals surface area contributed by atoms with Crippen molar-refractivity contribution in [2.24, 2.45) is 0 Å². The Balaban J connectivity index is 1.85. The first-order valence-corrected chi connectivity index (χ1v) is 6.76. The van der Waals surface area contributed by atoms with Crippen LogP contribution in [-0.4, -0.2) is 5.16 Å². The van der Waals surface area contributed by atoms with E-state index in [1.807, 2.05) is 61.5 Å². The van der Waals surface area contributed by atoms with E-state index in [1.54, 1.807) is 0 Å². The van der Waals surface area contributed by atoms with E-state index in [0.29, 0.717) is 5.69 Å². The van der Waals surface area contributed by atoms with Crippen molar-refractivity contribution in [2.45, 2.75) is 12.8 Å². The van der Waals surface area contributed by atoms with E-state index in [4.69, 9.17) is 15.0 Å². The molecule has 4 heteroatoms. The number of anilines is 1. The first kappa shape index (κ1) is 13.2. The molecule has 0 aliphatic carbocycles. The van der Waals surface area contributed by atoms with E-state index >= 15 is 0 Å². The van der Waals surface area contributed by atoms with Gasteiger partial charge in [-0.2, -0.15) is 0 Å². The Labute approximate surface area is 123 Å². The molecule has 4 nitrogen and oxygen atoms in total. The van der Waals surface area contributed by atoms with Gasteiger partial charge in [0.2, 0.25) is 0 Å². The van der Waals surface area contributed by atoms with Crippen LogP contribution in [0.5, 0.6) is 11.5 Å². The quantitative estimate of drug-likeness (QED) is 0.778. The zero-order chi connectivity index (χ0) is 14.7. The van der Waals surface area contributed by atoms with Gasteiger partial charge < -0.3 is 15.0 Å². The molecule has 0 spiro atoms. The number of hydrogen-bond acceptors (Lipinski definition) is 4. The highest BCUT2D eigenvalue weighted by atomic mass is 16.5. The van der Waals surface area contributed by atoms with Gasteiger partial charge in [0.25, 0.3) is 0 Å². The van der Waals surface area contributed by atoms with E-state index in [9.17, 15) is 0 Å². The fraction of sp³-hybridized carbons (Fsp3) is 0.118. The fourth-order valence-electron chi connectivity index (χ4n) is 2.21. The lowest BCUT2D eigenvalue weighted by atomic mass is 9.97. The van der Waals surface area contributed by atoms with E-state index < -0.39 is 0 Å². The van der Waals surface area contributed by atoms with Crippen molar-refractivity contribution < 1.29 is 9.26 Å². The Morgan fingerprint density at radius 3 is 2.52 bits per heavy atom. The first-order valence-electron chi connectivity index (χ1n) is 6.76. The summed E-state index contributed by atoms with van der Waals surface area (Å²) < 4.78 is 10.7. The standard InChI is InChI=1S/C17H16N2O2/c1-12(17-16(18)11-20-19-17)13-6-5-9-15(10-13)21-14-7-3-2-4-8-14/h2-12H,18H2,1H3. The minimum absolute atomic E-state index is 0.0445. The lowest BCUT2D eigenvalue weighted by molar-refractivity contribution is 0.409. The number of nitrogen functional groups attached to an aromatic ring is 1. The summed E-state index contributed by atoms with van der Waals surface area (Å²) in [6.45, 7) is 2.04. The van der Waals surface area contributed by atoms with Crippen LogP contribution >= 0.6 is 0 Å². The van der Waals surface area contributed by atoms with Gasteiger partial charge in [-0.15, -0.1) is 0 Å². The second-order valence-corrected chi connectivity index (χ2v) is 4.86. The smallest absolute Gasteiger partial charge is 0.147 e. The molecule has 1 atom stereocenters. The number of rotatable bonds is 4. The van der Waals surface area contributed by atoms with Gasteiger partial charge in [0.1, 0.15) is 23.5 Å². The topological polar surface area (TPSA) is 61.3 Å². The Morgan fingerprint density at radius 1 is 1.05 bits per heavy atom. The maximum Gasteiger partial charge on any atom is 0.147 e. The van der Waals surface area contributed by atoms with Gasteiger partial charge in [0.05, 0.1) is 5.69 Å². The van der Waals surface area contributed by atoms with Crippen molar-refractivity contribution in [3.05, 3.63) is 72.1 Å². The average Bonchev–Trinajstić information content (AvgIpc) is 2.94. The third-order valence-electron chi connectivity index (χ3n) is 3.37. The summed E-state index contributed by atoms with van der Waals surface area (Å²) in [6.07, 6.45) is 1.45. The van der Waals surface area contributed by atoms with Gasteiger partial charge in [-0.3, -0.25) is 0 Å². The molecule has 1 aromatic heterocycles.